The molecule has 45 heavy (non-hydrogen) atoms. The molecule has 6 rings (SSSR count). The average molecular weight is 619 g/mol. The van der Waals surface area contributed by atoms with Gasteiger partial charge in [-0.15, -0.1) is 0 Å². The second kappa shape index (κ2) is 12.8. The van der Waals surface area contributed by atoms with Crippen LogP contribution in [0, 0.1) is 5.92 Å². The number of hydrogen-bond donors (Lipinski definition) is 1. The zero-order valence-electron chi connectivity index (χ0n) is 25.7. The lowest BCUT2D eigenvalue weighted by Crippen LogP contribution is -2.45. The summed E-state index contributed by atoms with van der Waals surface area (Å²) in [5.41, 5.74) is 2.68. The number of piperidine rings is 1. The third-order valence-corrected chi connectivity index (χ3v) is 9.34. The van der Waals surface area contributed by atoms with Crippen LogP contribution in [-0.4, -0.2) is 91.8 Å². The summed E-state index contributed by atoms with van der Waals surface area (Å²) in [5.74, 6) is -1.28. The van der Waals surface area contributed by atoms with E-state index < -0.39 is 17.7 Å². The Hall–Kier alpha value is -4.02. The molecular weight excluding hydrogens is 579 g/mol. The highest BCUT2D eigenvalue weighted by atomic mass is 19.4. The summed E-state index contributed by atoms with van der Waals surface area (Å²) >= 11 is 0. The molecule has 3 aromatic carbocycles. The smallest absolute Gasteiger partial charge is 0.369 e. The van der Waals surface area contributed by atoms with Crippen LogP contribution in [0.5, 0.6) is 0 Å². The van der Waals surface area contributed by atoms with Gasteiger partial charge in [-0.05, 0) is 94.1 Å². The number of benzene rings is 3. The van der Waals surface area contributed by atoms with Crippen LogP contribution in [0.3, 0.4) is 0 Å². The zero-order chi connectivity index (χ0) is 31.7. The molecule has 2 saturated heterocycles. The Labute approximate surface area is 261 Å². The van der Waals surface area contributed by atoms with Gasteiger partial charge in [0.1, 0.15) is 5.92 Å². The topological polar surface area (TPSA) is 58.9 Å². The third kappa shape index (κ3) is 6.67. The SMILES string of the molecule is CN1CCC(C[N+]2=C(c3ccc(C(F)(F)F)cc3)[C@@H](C(=O)Nc3cccc(N4CCN(C)CC4)c3)c3ccccc3C2=O)CC1. The number of likely N-dealkylation sites (tertiary alicyclic amines) is 1. The van der Waals surface area contributed by atoms with E-state index in [0.29, 0.717) is 34.6 Å². The molecule has 3 heterocycles. The number of fused-ring (bicyclic) bond motifs is 1. The molecule has 10 heteroatoms. The van der Waals surface area contributed by atoms with E-state index in [2.05, 4.69) is 34.1 Å². The van der Waals surface area contributed by atoms with E-state index in [-0.39, 0.29) is 17.7 Å². The molecule has 3 aliphatic heterocycles. The number of hydrogen-bond acceptors (Lipinski definition) is 5. The van der Waals surface area contributed by atoms with E-state index in [1.165, 1.54) is 12.1 Å². The van der Waals surface area contributed by atoms with E-state index in [0.717, 1.165) is 69.9 Å². The fraction of sp³-hybridized carbons (Fsp3) is 0.400. The lowest BCUT2D eigenvalue weighted by molar-refractivity contribution is -0.441. The average Bonchev–Trinajstić information content (AvgIpc) is 3.03. The van der Waals surface area contributed by atoms with Crippen molar-refractivity contribution < 1.29 is 27.3 Å². The predicted octanol–water partition coefficient (Wildman–Crippen LogP) is 5.18. The van der Waals surface area contributed by atoms with Gasteiger partial charge in [-0.3, -0.25) is 4.79 Å². The Balaban J connectivity index is 1.41. The minimum Gasteiger partial charge on any atom is -0.369 e. The van der Waals surface area contributed by atoms with Crippen molar-refractivity contribution in [2.75, 3.05) is 70.1 Å². The molecule has 0 saturated carbocycles. The molecule has 2 fully saturated rings. The number of rotatable bonds is 6. The van der Waals surface area contributed by atoms with Gasteiger partial charge in [0.05, 0.1) is 11.1 Å². The Morgan fingerprint density at radius 3 is 2.22 bits per heavy atom. The van der Waals surface area contributed by atoms with Gasteiger partial charge in [-0.1, -0.05) is 24.3 Å². The first-order valence-electron chi connectivity index (χ1n) is 15.6. The molecule has 7 nitrogen and oxygen atoms in total. The molecule has 0 unspecified atom stereocenters. The lowest BCUT2D eigenvalue weighted by Gasteiger charge is -2.34. The number of halogens is 3. The molecule has 0 aromatic heterocycles. The minimum atomic E-state index is -4.50. The molecule has 0 spiro atoms. The Kier molecular flexibility index (Phi) is 8.79. The summed E-state index contributed by atoms with van der Waals surface area (Å²) in [6.07, 6.45) is -2.73. The van der Waals surface area contributed by atoms with Gasteiger partial charge in [0, 0.05) is 49.0 Å². The zero-order valence-corrected chi connectivity index (χ0v) is 25.7. The fourth-order valence-corrected chi connectivity index (χ4v) is 6.66. The van der Waals surface area contributed by atoms with Crippen molar-refractivity contribution in [3.8, 4) is 0 Å². The van der Waals surface area contributed by atoms with Crippen LogP contribution >= 0.6 is 0 Å². The van der Waals surface area contributed by atoms with Crippen molar-refractivity contribution in [3.05, 3.63) is 95.1 Å². The number of alkyl halides is 3. The number of nitrogens with zero attached hydrogens (tertiary/aromatic N) is 4. The molecule has 1 atom stereocenters. The predicted molar refractivity (Wildman–Crippen MR) is 169 cm³/mol. The standard InChI is InChI=1S/C35H38F3N5O2/c1-40-16-14-24(15-17-40)23-43-32(25-10-12-26(13-11-25)35(36,37)38)31(29-8-3-4-9-30(29)34(43)45)33(44)39-27-6-5-7-28(22-27)42-20-18-41(2)19-21-42/h3-13,22,24,31H,14-21,23H2,1-2H3/p+1/t31-/m0/s1. The quantitative estimate of drug-likeness (QED) is 0.386. The van der Waals surface area contributed by atoms with Gasteiger partial charge in [0.25, 0.3) is 0 Å². The highest BCUT2D eigenvalue weighted by molar-refractivity contribution is 6.22. The second-order valence-corrected chi connectivity index (χ2v) is 12.5. The maximum Gasteiger partial charge on any atom is 0.419 e. The number of likely N-dealkylation sites (N-methyl/N-ethyl adjacent to an activating group) is 1. The number of amides is 2. The van der Waals surface area contributed by atoms with Gasteiger partial charge < -0.3 is 20.0 Å². The summed E-state index contributed by atoms with van der Waals surface area (Å²) in [7, 11) is 4.17. The Bertz CT molecular complexity index is 1590. The molecule has 236 valence electrons. The van der Waals surface area contributed by atoms with Gasteiger partial charge in [-0.2, -0.15) is 17.7 Å². The minimum absolute atomic E-state index is 0.198. The van der Waals surface area contributed by atoms with Crippen LogP contribution in [0.25, 0.3) is 0 Å². The van der Waals surface area contributed by atoms with Crippen molar-refractivity contribution in [1.29, 1.82) is 0 Å². The number of anilines is 2. The van der Waals surface area contributed by atoms with Crippen molar-refractivity contribution >= 4 is 28.9 Å². The first-order valence-corrected chi connectivity index (χ1v) is 15.6. The van der Waals surface area contributed by atoms with E-state index in [1.54, 1.807) is 28.8 Å². The van der Waals surface area contributed by atoms with Gasteiger partial charge in [0.2, 0.25) is 11.6 Å². The molecule has 0 radical (unpaired) electrons. The summed E-state index contributed by atoms with van der Waals surface area (Å²) in [6, 6.07) is 19.6. The molecule has 3 aromatic rings. The number of piperazine rings is 1. The van der Waals surface area contributed by atoms with Gasteiger partial charge in [-0.25, -0.2) is 4.79 Å². The monoisotopic (exact) mass is 618 g/mol. The summed E-state index contributed by atoms with van der Waals surface area (Å²) in [6.45, 7) is 5.83. The Morgan fingerprint density at radius 2 is 1.53 bits per heavy atom. The van der Waals surface area contributed by atoms with Crippen molar-refractivity contribution in [1.82, 2.24) is 9.80 Å². The van der Waals surface area contributed by atoms with Crippen LogP contribution in [0.1, 0.15) is 45.8 Å². The van der Waals surface area contributed by atoms with Crippen LogP contribution in [0.2, 0.25) is 0 Å². The number of carbonyl (C=O) groups is 2. The maximum atomic E-state index is 14.4. The lowest BCUT2D eigenvalue weighted by atomic mass is 9.82. The highest BCUT2D eigenvalue weighted by Crippen LogP contribution is 2.35. The van der Waals surface area contributed by atoms with Crippen molar-refractivity contribution in [2.45, 2.75) is 24.9 Å². The first kappa shape index (κ1) is 31.0. The van der Waals surface area contributed by atoms with Crippen LogP contribution < -0.4 is 10.2 Å². The normalized spacial score (nSPS) is 20.3. The number of nitrogens with one attached hydrogen (secondary N) is 1. The maximum absolute atomic E-state index is 14.4. The summed E-state index contributed by atoms with van der Waals surface area (Å²) < 4.78 is 42.2. The van der Waals surface area contributed by atoms with E-state index >= 15 is 0 Å². The van der Waals surface area contributed by atoms with E-state index in [4.69, 9.17) is 0 Å². The van der Waals surface area contributed by atoms with Gasteiger partial charge >= 0.3 is 12.1 Å². The third-order valence-electron chi connectivity index (χ3n) is 9.34. The van der Waals surface area contributed by atoms with Gasteiger partial charge in [0.15, 0.2) is 6.54 Å². The molecule has 2 amide bonds. The molecule has 1 N–H and O–H groups in total. The summed E-state index contributed by atoms with van der Waals surface area (Å²) in [4.78, 5) is 35.3. The second-order valence-electron chi connectivity index (χ2n) is 12.5. The van der Waals surface area contributed by atoms with E-state index in [9.17, 15) is 22.8 Å². The van der Waals surface area contributed by atoms with Crippen molar-refractivity contribution in [2.24, 2.45) is 5.92 Å². The largest absolute Gasteiger partial charge is 0.419 e. The fourth-order valence-electron chi connectivity index (χ4n) is 6.66. The highest BCUT2D eigenvalue weighted by Gasteiger charge is 2.46. The molecule has 0 aliphatic carbocycles. The van der Waals surface area contributed by atoms with Crippen LogP contribution in [0.15, 0.2) is 72.8 Å². The summed E-state index contributed by atoms with van der Waals surface area (Å²) in [5, 5.41) is 3.10. The Morgan fingerprint density at radius 1 is 0.867 bits per heavy atom. The van der Waals surface area contributed by atoms with Crippen LogP contribution in [-0.2, 0) is 11.0 Å². The molecule has 0 bridgehead atoms. The molecule has 3 aliphatic rings. The van der Waals surface area contributed by atoms with Crippen LogP contribution in [0.4, 0.5) is 24.5 Å². The first-order chi connectivity index (χ1) is 21.6. The molecular formula is C35H39F3N5O2+. The van der Waals surface area contributed by atoms with E-state index in [1.807, 2.05) is 24.3 Å². The number of carbonyl (C=O) groups excluding carboxylic acids is 2. The van der Waals surface area contributed by atoms with Crippen molar-refractivity contribution in [3.63, 3.8) is 0 Å².